The molecule has 0 aliphatic heterocycles. The van der Waals surface area contributed by atoms with Crippen molar-refractivity contribution in [2.24, 2.45) is 0 Å². The molecule has 0 atom stereocenters. The fourth-order valence-corrected chi connectivity index (χ4v) is 1.87. The second-order valence-corrected chi connectivity index (χ2v) is 3.96. The van der Waals surface area contributed by atoms with Gasteiger partial charge >= 0.3 is 5.97 Å². The summed E-state index contributed by atoms with van der Waals surface area (Å²) < 4.78 is 0. The maximum Gasteiger partial charge on any atom is 0.357 e. The number of H-pyrrole nitrogens is 1. The molecular formula is C11H10N2O2. The van der Waals surface area contributed by atoms with Gasteiger partial charge in [-0.3, -0.25) is 5.10 Å². The first-order chi connectivity index (χ1) is 7.25. The van der Waals surface area contributed by atoms with Crippen LogP contribution in [0.15, 0.2) is 18.2 Å². The topological polar surface area (TPSA) is 66.0 Å². The number of rotatable bonds is 2. The van der Waals surface area contributed by atoms with Crippen LogP contribution in [-0.2, 0) is 0 Å². The molecule has 2 aromatic rings. The molecule has 0 bridgehead atoms. The van der Waals surface area contributed by atoms with Crippen LogP contribution >= 0.6 is 0 Å². The van der Waals surface area contributed by atoms with Gasteiger partial charge in [0.1, 0.15) is 0 Å². The van der Waals surface area contributed by atoms with E-state index >= 15 is 0 Å². The molecule has 1 aliphatic rings. The third-order valence-corrected chi connectivity index (χ3v) is 2.84. The Morgan fingerprint density at radius 3 is 2.93 bits per heavy atom. The van der Waals surface area contributed by atoms with Crippen molar-refractivity contribution in [1.82, 2.24) is 10.2 Å². The summed E-state index contributed by atoms with van der Waals surface area (Å²) in [6, 6.07) is 5.85. The van der Waals surface area contributed by atoms with Crippen molar-refractivity contribution < 1.29 is 9.90 Å². The maximum atomic E-state index is 10.8. The largest absolute Gasteiger partial charge is 0.476 e. The lowest BCUT2D eigenvalue weighted by molar-refractivity contribution is 0.0692. The average molecular weight is 202 g/mol. The van der Waals surface area contributed by atoms with Crippen LogP contribution in [0.25, 0.3) is 10.9 Å². The molecule has 1 aromatic carbocycles. The fourth-order valence-electron chi connectivity index (χ4n) is 1.87. The molecule has 0 amide bonds. The van der Waals surface area contributed by atoms with Gasteiger partial charge in [-0.1, -0.05) is 12.1 Å². The molecule has 0 saturated heterocycles. The van der Waals surface area contributed by atoms with E-state index < -0.39 is 5.97 Å². The van der Waals surface area contributed by atoms with Gasteiger partial charge in [-0.05, 0) is 30.4 Å². The Labute approximate surface area is 85.9 Å². The maximum absolute atomic E-state index is 10.8. The van der Waals surface area contributed by atoms with Gasteiger partial charge in [-0.25, -0.2) is 4.79 Å². The molecule has 1 aliphatic carbocycles. The number of nitrogens with one attached hydrogen (secondary N) is 1. The van der Waals surface area contributed by atoms with Gasteiger partial charge in [0.15, 0.2) is 5.69 Å². The van der Waals surface area contributed by atoms with Gasteiger partial charge in [0.25, 0.3) is 0 Å². The zero-order chi connectivity index (χ0) is 10.4. The van der Waals surface area contributed by atoms with Crippen LogP contribution < -0.4 is 0 Å². The van der Waals surface area contributed by atoms with Gasteiger partial charge < -0.3 is 5.11 Å². The van der Waals surface area contributed by atoms with Gasteiger partial charge in [-0.2, -0.15) is 5.10 Å². The van der Waals surface area contributed by atoms with E-state index in [1.54, 1.807) is 0 Å². The summed E-state index contributed by atoms with van der Waals surface area (Å²) in [5.41, 5.74) is 2.20. The summed E-state index contributed by atoms with van der Waals surface area (Å²) >= 11 is 0. The second-order valence-electron chi connectivity index (χ2n) is 3.96. The number of carbonyl (C=O) groups is 1. The third-order valence-electron chi connectivity index (χ3n) is 2.84. The minimum atomic E-state index is -0.986. The molecule has 1 saturated carbocycles. The van der Waals surface area contributed by atoms with Crippen LogP contribution in [0, 0.1) is 0 Å². The van der Waals surface area contributed by atoms with Crippen LogP contribution in [0.3, 0.4) is 0 Å². The SMILES string of the molecule is O=C(O)c1n[nH]c2cc(C3CC3)ccc12. The van der Waals surface area contributed by atoms with E-state index in [1.165, 1.54) is 18.4 Å². The fraction of sp³-hybridized carbons (Fsp3) is 0.273. The number of aromatic carboxylic acids is 1. The summed E-state index contributed by atoms with van der Waals surface area (Å²) in [7, 11) is 0. The molecule has 0 unspecified atom stereocenters. The standard InChI is InChI=1S/C11H10N2O2/c14-11(15)10-8-4-3-7(6-1-2-6)5-9(8)12-13-10/h3-6H,1-2H2,(H,12,13)(H,14,15). The van der Waals surface area contributed by atoms with Gasteiger partial charge in [0, 0.05) is 5.39 Å². The number of nitrogens with zero attached hydrogens (tertiary/aromatic N) is 1. The number of carboxylic acids is 1. The van der Waals surface area contributed by atoms with E-state index in [9.17, 15) is 4.79 Å². The molecule has 4 heteroatoms. The molecule has 0 spiro atoms. The normalized spacial score (nSPS) is 15.7. The van der Waals surface area contributed by atoms with E-state index in [0.29, 0.717) is 11.3 Å². The number of carboxylic acid groups (broad SMARTS) is 1. The molecule has 1 aromatic heterocycles. The predicted molar refractivity (Wildman–Crippen MR) is 55.0 cm³/mol. The summed E-state index contributed by atoms with van der Waals surface area (Å²) in [6.45, 7) is 0. The molecule has 76 valence electrons. The van der Waals surface area contributed by atoms with E-state index in [1.807, 2.05) is 18.2 Å². The lowest BCUT2D eigenvalue weighted by Gasteiger charge is -1.97. The number of aromatic nitrogens is 2. The van der Waals surface area contributed by atoms with E-state index in [0.717, 1.165) is 5.52 Å². The van der Waals surface area contributed by atoms with Crippen LogP contribution in [-0.4, -0.2) is 21.3 Å². The first-order valence-corrected chi connectivity index (χ1v) is 4.97. The Morgan fingerprint density at radius 2 is 2.27 bits per heavy atom. The van der Waals surface area contributed by atoms with Crippen LogP contribution in [0.4, 0.5) is 0 Å². The zero-order valence-corrected chi connectivity index (χ0v) is 8.03. The number of aromatic amines is 1. The van der Waals surface area contributed by atoms with Gasteiger partial charge in [0.05, 0.1) is 5.52 Å². The van der Waals surface area contributed by atoms with Crippen LogP contribution in [0.5, 0.6) is 0 Å². The van der Waals surface area contributed by atoms with Crippen molar-refractivity contribution in [3.63, 3.8) is 0 Å². The lowest BCUT2D eigenvalue weighted by atomic mass is 10.1. The van der Waals surface area contributed by atoms with Crippen molar-refractivity contribution in [1.29, 1.82) is 0 Å². The minimum absolute atomic E-state index is 0.104. The highest BCUT2D eigenvalue weighted by Crippen LogP contribution is 2.40. The van der Waals surface area contributed by atoms with Gasteiger partial charge in [-0.15, -0.1) is 0 Å². The monoisotopic (exact) mass is 202 g/mol. The first kappa shape index (κ1) is 8.47. The summed E-state index contributed by atoms with van der Waals surface area (Å²) in [4.78, 5) is 10.8. The molecule has 4 nitrogen and oxygen atoms in total. The van der Waals surface area contributed by atoms with Crippen LogP contribution in [0.1, 0.15) is 34.8 Å². The zero-order valence-electron chi connectivity index (χ0n) is 8.03. The lowest BCUT2D eigenvalue weighted by Crippen LogP contribution is -1.96. The molecule has 1 heterocycles. The van der Waals surface area contributed by atoms with Crippen molar-refractivity contribution in [3.8, 4) is 0 Å². The molecule has 2 N–H and O–H groups in total. The highest BCUT2D eigenvalue weighted by molar-refractivity contribution is 6.01. The highest BCUT2D eigenvalue weighted by Gasteiger charge is 2.24. The molecule has 0 radical (unpaired) electrons. The number of benzene rings is 1. The van der Waals surface area contributed by atoms with Crippen molar-refractivity contribution in [3.05, 3.63) is 29.5 Å². The number of hydrogen-bond donors (Lipinski definition) is 2. The Morgan fingerprint density at radius 1 is 1.47 bits per heavy atom. The molecule has 15 heavy (non-hydrogen) atoms. The average Bonchev–Trinajstić information content (AvgIpc) is 2.97. The second kappa shape index (κ2) is 2.82. The molecule has 3 rings (SSSR count). The van der Waals surface area contributed by atoms with Gasteiger partial charge in [0.2, 0.25) is 0 Å². The summed E-state index contributed by atoms with van der Waals surface area (Å²) in [5, 5.41) is 16.1. The molecule has 1 fully saturated rings. The van der Waals surface area contributed by atoms with Crippen molar-refractivity contribution in [2.75, 3.05) is 0 Å². The summed E-state index contributed by atoms with van der Waals surface area (Å²) in [6.07, 6.45) is 2.48. The van der Waals surface area contributed by atoms with Crippen molar-refractivity contribution in [2.45, 2.75) is 18.8 Å². The Balaban J connectivity index is 2.17. The smallest absolute Gasteiger partial charge is 0.357 e. The first-order valence-electron chi connectivity index (χ1n) is 4.97. The van der Waals surface area contributed by atoms with Crippen LogP contribution in [0.2, 0.25) is 0 Å². The van der Waals surface area contributed by atoms with E-state index in [4.69, 9.17) is 5.11 Å². The summed E-state index contributed by atoms with van der Waals surface area (Å²) in [5.74, 6) is -0.314. The molecular weight excluding hydrogens is 192 g/mol. The Bertz CT molecular complexity index is 541. The third kappa shape index (κ3) is 1.29. The number of fused-ring (bicyclic) bond motifs is 1. The van der Waals surface area contributed by atoms with E-state index in [2.05, 4.69) is 10.2 Å². The van der Waals surface area contributed by atoms with E-state index in [-0.39, 0.29) is 5.69 Å². The number of hydrogen-bond acceptors (Lipinski definition) is 2. The Kier molecular flexibility index (Phi) is 1.59. The minimum Gasteiger partial charge on any atom is -0.476 e. The highest BCUT2D eigenvalue weighted by atomic mass is 16.4. The quantitative estimate of drug-likeness (QED) is 0.784. The van der Waals surface area contributed by atoms with Crippen molar-refractivity contribution >= 4 is 16.9 Å². The Hall–Kier alpha value is -1.84. The predicted octanol–water partition coefficient (Wildman–Crippen LogP) is 2.14.